The molecule has 1 aromatic heterocycles. The molecule has 20 heavy (non-hydrogen) atoms. The van der Waals surface area contributed by atoms with Gasteiger partial charge in [-0.05, 0) is 36.8 Å². The van der Waals surface area contributed by atoms with Crippen LogP contribution in [-0.2, 0) is 0 Å². The quantitative estimate of drug-likeness (QED) is 0.837. The third-order valence-corrected chi connectivity index (χ3v) is 2.80. The molecule has 6 heteroatoms. The van der Waals surface area contributed by atoms with Crippen LogP contribution >= 0.6 is 0 Å². The zero-order valence-electron chi connectivity index (χ0n) is 10.7. The molecule has 0 atom stereocenters. The van der Waals surface area contributed by atoms with Crippen molar-refractivity contribution in [1.82, 2.24) is 4.98 Å². The summed E-state index contributed by atoms with van der Waals surface area (Å²) < 4.78 is 13.0. The first-order valence-corrected chi connectivity index (χ1v) is 5.82. The van der Waals surface area contributed by atoms with E-state index in [0.29, 0.717) is 16.8 Å². The number of aromatic nitrogens is 1. The van der Waals surface area contributed by atoms with Gasteiger partial charge in [-0.2, -0.15) is 4.39 Å². The number of nitrogens with zero attached hydrogens (tertiary/aromatic N) is 1. The van der Waals surface area contributed by atoms with Gasteiger partial charge in [-0.1, -0.05) is 12.1 Å². The normalized spacial score (nSPS) is 10.1. The minimum absolute atomic E-state index is 0.0473. The molecule has 0 radical (unpaired) electrons. The minimum atomic E-state index is -0.736. The second-order valence-corrected chi connectivity index (χ2v) is 4.14. The average Bonchev–Trinajstić information content (AvgIpc) is 2.40. The van der Waals surface area contributed by atoms with Gasteiger partial charge in [-0.15, -0.1) is 0 Å². The van der Waals surface area contributed by atoms with E-state index in [2.05, 4.69) is 10.3 Å². The van der Waals surface area contributed by atoms with E-state index >= 15 is 0 Å². The van der Waals surface area contributed by atoms with Crippen molar-refractivity contribution >= 4 is 17.5 Å². The molecule has 0 aliphatic rings. The van der Waals surface area contributed by atoms with Crippen molar-refractivity contribution in [1.29, 1.82) is 0 Å². The number of rotatable bonds is 3. The van der Waals surface area contributed by atoms with Crippen molar-refractivity contribution in [3.05, 3.63) is 59.2 Å². The Morgan fingerprint density at radius 3 is 2.55 bits per heavy atom. The third kappa shape index (κ3) is 2.80. The summed E-state index contributed by atoms with van der Waals surface area (Å²) in [7, 11) is 0. The van der Waals surface area contributed by atoms with E-state index in [-0.39, 0.29) is 5.69 Å². The molecule has 0 aliphatic carbocycles. The molecule has 1 aromatic carbocycles. The number of amides is 2. The van der Waals surface area contributed by atoms with Gasteiger partial charge in [0.05, 0.1) is 0 Å². The molecule has 0 spiro atoms. The summed E-state index contributed by atoms with van der Waals surface area (Å²) in [5.74, 6) is -1.88. The lowest BCUT2D eigenvalue weighted by molar-refractivity contribution is 0.0994. The Kier molecular flexibility index (Phi) is 3.74. The Morgan fingerprint density at radius 2 is 1.90 bits per heavy atom. The molecule has 0 aliphatic heterocycles. The van der Waals surface area contributed by atoms with Gasteiger partial charge in [0.25, 0.3) is 5.91 Å². The summed E-state index contributed by atoms with van der Waals surface area (Å²) in [6.45, 7) is 1.66. The smallest absolute Gasteiger partial charge is 0.274 e. The molecular formula is C14H12FN3O2. The number of hydrogen-bond acceptors (Lipinski definition) is 3. The molecule has 0 saturated heterocycles. The number of anilines is 1. The molecule has 1 heterocycles. The highest BCUT2D eigenvalue weighted by atomic mass is 19.1. The predicted octanol–water partition coefficient (Wildman–Crippen LogP) is 1.88. The SMILES string of the molecule is Cc1c(NC(=O)c2cccc(F)n2)cccc1C(N)=O. The van der Waals surface area contributed by atoms with Crippen LogP contribution in [-0.4, -0.2) is 16.8 Å². The molecule has 0 unspecified atom stereocenters. The Labute approximate surface area is 114 Å². The molecule has 0 saturated carbocycles. The highest BCUT2D eigenvalue weighted by Gasteiger charge is 2.13. The summed E-state index contributed by atoms with van der Waals surface area (Å²) in [5, 5.41) is 2.57. The maximum atomic E-state index is 13.0. The lowest BCUT2D eigenvalue weighted by Crippen LogP contribution is -2.17. The van der Waals surface area contributed by atoms with Gasteiger partial charge < -0.3 is 11.1 Å². The topological polar surface area (TPSA) is 85.1 Å². The maximum Gasteiger partial charge on any atom is 0.274 e. The van der Waals surface area contributed by atoms with Gasteiger partial charge in [-0.3, -0.25) is 9.59 Å². The number of hydrogen-bond donors (Lipinski definition) is 2. The fraction of sp³-hybridized carbons (Fsp3) is 0.0714. The van der Waals surface area contributed by atoms with E-state index in [0.717, 1.165) is 6.07 Å². The first-order valence-electron chi connectivity index (χ1n) is 5.82. The highest BCUT2D eigenvalue weighted by molar-refractivity contribution is 6.04. The van der Waals surface area contributed by atoms with E-state index in [1.807, 2.05) is 0 Å². The van der Waals surface area contributed by atoms with Crippen LogP contribution in [0, 0.1) is 12.9 Å². The van der Waals surface area contributed by atoms with Crippen LogP contribution in [0.3, 0.4) is 0 Å². The second-order valence-electron chi connectivity index (χ2n) is 4.14. The summed E-state index contributed by atoms with van der Waals surface area (Å²) in [5.41, 5.74) is 6.47. The molecular weight excluding hydrogens is 261 g/mol. The van der Waals surface area contributed by atoms with Crippen LogP contribution in [0.4, 0.5) is 10.1 Å². The Morgan fingerprint density at radius 1 is 1.20 bits per heavy atom. The number of nitrogens with two attached hydrogens (primary N) is 1. The first kappa shape index (κ1) is 13.7. The number of carbonyl (C=O) groups excluding carboxylic acids is 2. The lowest BCUT2D eigenvalue weighted by Gasteiger charge is -2.10. The van der Waals surface area contributed by atoms with Crippen LogP contribution in [0.15, 0.2) is 36.4 Å². The number of pyridine rings is 1. The zero-order chi connectivity index (χ0) is 14.7. The summed E-state index contributed by atoms with van der Waals surface area (Å²) in [4.78, 5) is 26.7. The molecule has 2 aromatic rings. The van der Waals surface area contributed by atoms with Crippen LogP contribution < -0.4 is 11.1 Å². The molecule has 2 amide bonds. The van der Waals surface area contributed by atoms with E-state index in [4.69, 9.17) is 5.73 Å². The number of halogens is 1. The van der Waals surface area contributed by atoms with E-state index in [1.165, 1.54) is 12.1 Å². The number of carbonyl (C=O) groups is 2. The Bertz CT molecular complexity index is 686. The van der Waals surface area contributed by atoms with Gasteiger partial charge in [0, 0.05) is 11.3 Å². The van der Waals surface area contributed by atoms with Gasteiger partial charge in [0.15, 0.2) is 0 Å². The molecule has 5 nitrogen and oxygen atoms in total. The molecule has 2 rings (SSSR count). The fourth-order valence-electron chi connectivity index (χ4n) is 1.76. The van der Waals surface area contributed by atoms with Crippen molar-refractivity contribution in [2.45, 2.75) is 6.92 Å². The minimum Gasteiger partial charge on any atom is -0.366 e. The van der Waals surface area contributed by atoms with Crippen molar-refractivity contribution < 1.29 is 14.0 Å². The summed E-state index contributed by atoms with van der Waals surface area (Å²) in [6.07, 6.45) is 0. The van der Waals surface area contributed by atoms with Gasteiger partial charge >= 0.3 is 0 Å². The Hall–Kier alpha value is -2.76. The van der Waals surface area contributed by atoms with E-state index in [1.54, 1.807) is 25.1 Å². The van der Waals surface area contributed by atoms with Crippen LogP contribution in [0.1, 0.15) is 26.4 Å². The number of nitrogens with one attached hydrogen (secondary N) is 1. The van der Waals surface area contributed by atoms with Crippen LogP contribution in [0.5, 0.6) is 0 Å². The largest absolute Gasteiger partial charge is 0.366 e. The van der Waals surface area contributed by atoms with Crippen molar-refractivity contribution in [2.75, 3.05) is 5.32 Å². The summed E-state index contributed by atoms with van der Waals surface area (Å²) >= 11 is 0. The third-order valence-electron chi connectivity index (χ3n) is 2.80. The van der Waals surface area contributed by atoms with Crippen LogP contribution in [0.2, 0.25) is 0 Å². The van der Waals surface area contributed by atoms with Crippen molar-refractivity contribution in [2.24, 2.45) is 5.73 Å². The van der Waals surface area contributed by atoms with Crippen molar-refractivity contribution in [3.8, 4) is 0 Å². The number of benzene rings is 1. The monoisotopic (exact) mass is 273 g/mol. The second kappa shape index (κ2) is 5.48. The standard InChI is InChI=1S/C14H12FN3O2/c1-8-9(13(16)19)4-2-5-10(8)18-14(20)11-6-3-7-12(15)17-11/h2-7H,1H3,(H2,16,19)(H,18,20). The van der Waals surface area contributed by atoms with Gasteiger partial charge in [0.2, 0.25) is 11.9 Å². The summed E-state index contributed by atoms with van der Waals surface area (Å²) in [6, 6.07) is 8.72. The maximum absolute atomic E-state index is 13.0. The van der Waals surface area contributed by atoms with Gasteiger partial charge in [0.1, 0.15) is 5.69 Å². The Balaban J connectivity index is 2.29. The molecule has 0 fully saturated rings. The zero-order valence-corrected chi connectivity index (χ0v) is 10.7. The molecule has 0 bridgehead atoms. The van der Waals surface area contributed by atoms with Crippen molar-refractivity contribution in [3.63, 3.8) is 0 Å². The fourth-order valence-corrected chi connectivity index (χ4v) is 1.76. The van der Waals surface area contributed by atoms with E-state index in [9.17, 15) is 14.0 Å². The lowest BCUT2D eigenvalue weighted by atomic mass is 10.1. The molecule has 102 valence electrons. The predicted molar refractivity (Wildman–Crippen MR) is 71.8 cm³/mol. The highest BCUT2D eigenvalue weighted by Crippen LogP contribution is 2.19. The van der Waals surface area contributed by atoms with E-state index < -0.39 is 17.8 Å². The van der Waals surface area contributed by atoms with Crippen LogP contribution in [0.25, 0.3) is 0 Å². The first-order chi connectivity index (χ1) is 9.49. The number of primary amides is 1. The van der Waals surface area contributed by atoms with Gasteiger partial charge in [-0.25, -0.2) is 4.98 Å². The molecule has 3 N–H and O–H groups in total. The average molecular weight is 273 g/mol.